The maximum Gasteiger partial charge on any atom is 0.384 e. The Bertz CT molecular complexity index is 409. The van der Waals surface area contributed by atoms with Crippen LogP contribution in [0.1, 0.15) is 26.7 Å². The van der Waals surface area contributed by atoms with Crippen molar-refractivity contribution in [3.05, 3.63) is 30.3 Å². The summed E-state index contributed by atoms with van der Waals surface area (Å²) in [5.41, 5.74) is 0. The minimum absolute atomic E-state index is 0.660. The molecule has 0 aromatic heterocycles. The highest BCUT2D eigenvalue weighted by atomic mass is 28.5. The van der Waals surface area contributed by atoms with Gasteiger partial charge >= 0.3 is 8.56 Å². The molecule has 3 nitrogen and oxygen atoms in total. The zero-order valence-corrected chi connectivity index (χ0v) is 17.5. The van der Waals surface area contributed by atoms with Crippen LogP contribution in [0.25, 0.3) is 0 Å². The Morgan fingerprint density at radius 2 is 1.38 bits per heavy atom. The molecule has 0 fully saturated rings. The SMILES string of the molecule is CCC(O)(CC)[Si](O[SiH](C)C)(O[SiH](C)C)c1ccccc1. The second-order valence-electron chi connectivity index (χ2n) is 6.05. The van der Waals surface area contributed by atoms with Gasteiger partial charge < -0.3 is 13.3 Å². The van der Waals surface area contributed by atoms with Gasteiger partial charge in [0, 0.05) is 0 Å². The van der Waals surface area contributed by atoms with E-state index >= 15 is 0 Å². The third-order valence-corrected chi connectivity index (χ3v) is 13.2. The molecule has 0 aliphatic rings. The molecule has 0 spiro atoms. The van der Waals surface area contributed by atoms with Crippen LogP contribution in [0.3, 0.4) is 0 Å². The number of aliphatic hydroxyl groups is 1. The van der Waals surface area contributed by atoms with E-state index in [2.05, 4.69) is 38.3 Å². The molecule has 6 heteroatoms. The van der Waals surface area contributed by atoms with Crippen LogP contribution in [0.15, 0.2) is 30.3 Å². The lowest BCUT2D eigenvalue weighted by molar-refractivity contribution is 0.0720. The monoisotopic (exact) mass is 342 g/mol. The lowest BCUT2D eigenvalue weighted by Gasteiger charge is -2.46. The first-order valence-corrected chi connectivity index (χ1v) is 15.3. The number of hydrogen-bond donors (Lipinski definition) is 1. The van der Waals surface area contributed by atoms with Gasteiger partial charge in [0.15, 0.2) is 18.1 Å². The van der Waals surface area contributed by atoms with Crippen molar-refractivity contribution in [2.24, 2.45) is 0 Å². The maximum absolute atomic E-state index is 11.3. The highest BCUT2D eigenvalue weighted by Gasteiger charge is 2.57. The molecule has 0 heterocycles. The van der Waals surface area contributed by atoms with Crippen molar-refractivity contribution in [1.82, 2.24) is 0 Å². The van der Waals surface area contributed by atoms with Crippen LogP contribution in [0.4, 0.5) is 0 Å². The van der Waals surface area contributed by atoms with Crippen LogP contribution in [0.2, 0.25) is 26.2 Å². The fraction of sp³-hybridized carbons (Fsp3) is 0.600. The summed E-state index contributed by atoms with van der Waals surface area (Å²) in [6.07, 6.45) is 1.32. The molecule has 1 N–H and O–H groups in total. The lowest BCUT2D eigenvalue weighted by Crippen LogP contribution is -2.72. The molecule has 0 saturated carbocycles. The molecule has 1 aromatic carbocycles. The van der Waals surface area contributed by atoms with E-state index in [1.165, 1.54) is 0 Å². The molecule has 0 atom stereocenters. The Balaban J connectivity index is 3.48. The third kappa shape index (κ3) is 4.14. The molecule has 0 amide bonds. The average molecular weight is 343 g/mol. The minimum Gasteiger partial charge on any atom is -0.435 e. The van der Waals surface area contributed by atoms with E-state index in [4.69, 9.17) is 8.23 Å². The molecule has 120 valence electrons. The summed E-state index contributed by atoms with van der Waals surface area (Å²) in [7, 11) is -5.58. The first-order chi connectivity index (χ1) is 9.81. The smallest absolute Gasteiger partial charge is 0.384 e. The second-order valence-corrected chi connectivity index (χ2v) is 14.9. The molecule has 21 heavy (non-hydrogen) atoms. The molecule has 0 aliphatic carbocycles. The van der Waals surface area contributed by atoms with Crippen molar-refractivity contribution in [2.45, 2.75) is 58.1 Å². The van der Waals surface area contributed by atoms with Crippen LogP contribution in [0.5, 0.6) is 0 Å². The number of benzene rings is 1. The molecule has 0 saturated heterocycles. The fourth-order valence-electron chi connectivity index (χ4n) is 2.69. The van der Waals surface area contributed by atoms with Crippen LogP contribution < -0.4 is 5.19 Å². The van der Waals surface area contributed by atoms with Crippen LogP contribution in [-0.4, -0.2) is 37.0 Å². The summed E-state index contributed by atoms with van der Waals surface area (Å²) < 4.78 is 13.0. The zero-order valence-electron chi connectivity index (χ0n) is 14.2. The van der Waals surface area contributed by atoms with Crippen molar-refractivity contribution in [1.29, 1.82) is 0 Å². The molecular weight excluding hydrogens is 312 g/mol. The summed E-state index contributed by atoms with van der Waals surface area (Å²) >= 11 is 0. The topological polar surface area (TPSA) is 38.7 Å². The highest BCUT2D eigenvalue weighted by Crippen LogP contribution is 2.31. The summed E-state index contributed by atoms with van der Waals surface area (Å²) in [6.45, 7) is 12.7. The zero-order chi connectivity index (χ0) is 16.1. The van der Waals surface area contributed by atoms with E-state index in [0.29, 0.717) is 12.8 Å². The molecule has 1 aromatic rings. The molecule has 1 rings (SSSR count). The van der Waals surface area contributed by atoms with E-state index in [0.717, 1.165) is 5.19 Å². The Labute approximate surface area is 134 Å². The van der Waals surface area contributed by atoms with Crippen LogP contribution in [-0.2, 0) is 8.23 Å². The summed E-state index contributed by atoms with van der Waals surface area (Å²) in [4.78, 5) is 0. The Morgan fingerprint density at radius 3 is 1.71 bits per heavy atom. The summed E-state index contributed by atoms with van der Waals surface area (Å²) in [5, 5.41) is 11.5. The molecule has 0 bridgehead atoms. The van der Waals surface area contributed by atoms with E-state index < -0.39 is 31.9 Å². The molecule has 0 aliphatic heterocycles. The van der Waals surface area contributed by atoms with Crippen LogP contribution >= 0.6 is 0 Å². The van der Waals surface area contributed by atoms with Gasteiger partial charge in [0.2, 0.25) is 0 Å². The predicted molar refractivity (Wildman–Crippen MR) is 97.3 cm³/mol. The van der Waals surface area contributed by atoms with Gasteiger partial charge in [-0.1, -0.05) is 44.2 Å². The quantitative estimate of drug-likeness (QED) is 0.738. The fourth-order valence-corrected chi connectivity index (χ4v) is 13.7. The Hall–Kier alpha value is -0.249. The van der Waals surface area contributed by atoms with Crippen molar-refractivity contribution in [3.8, 4) is 0 Å². The predicted octanol–water partition coefficient (Wildman–Crippen LogP) is 2.43. The van der Waals surface area contributed by atoms with Crippen molar-refractivity contribution >= 4 is 31.8 Å². The van der Waals surface area contributed by atoms with Gasteiger partial charge in [0.1, 0.15) is 5.22 Å². The maximum atomic E-state index is 11.3. The normalized spacial score (nSPS) is 13.2. The van der Waals surface area contributed by atoms with Gasteiger partial charge in [0.25, 0.3) is 0 Å². The van der Waals surface area contributed by atoms with Crippen molar-refractivity contribution in [3.63, 3.8) is 0 Å². The summed E-state index contributed by atoms with van der Waals surface area (Å²) in [5.74, 6) is 0. The third-order valence-electron chi connectivity index (χ3n) is 3.74. The van der Waals surface area contributed by atoms with Gasteiger partial charge in [-0.05, 0) is 44.2 Å². The van der Waals surface area contributed by atoms with E-state index in [9.17, 15) is 5.11 Å². The van der Waals surface area contributed by atoms with E-state index in [1.54, 1.807) is 0 Å². The molecular formula is C15H30O3Si3. The first-order valence-electron chi connectivity index (χ1n) is 7.94. The van der Waals surface area contributed by atoms with Gasteiger partial charge in [-0.3, -0.25) is 0 Å². The highest BCUT2D eigenvalue weighted by molar-refractivity contribution is 6.91. The lowest BCUT2D eigenvalue weighted by atomic mass is 10.2. The standard InChI is InChI=1S/C15H30O3Si3/c1-7-15(16,8-2)21(17-19(3)4,18-20(5)6)14-12-10-9-11-13-14/h9-13,16,19-20H,7-8H2,1-6H3. The Kier molecular flexibility index (Phi) is 7.02. The van der Waals surface area contributed by atoms with Gasteiger partial charge in [-0.25, -0.2) is 0 Å². The van der Waals surface area contributed by atoms with E-state index in [1.807, 2.05) is 32.0 Å². The molecule has 0 radical (unpaired) electrons. The molecule has 0 unspecified atom stereocenters. The van der Waals surface area contributed by atoms with Crippen molar-refractivity contribution in [2.75, 3.05) is 0 Å². The first kappa shape index (κ1) is 18.8. The largest absolute Gasteiger partial charge is 0.435 e. The van der Waals surface area contributed by atoms with E-state index in [-0.39, 0.29) is 0 Å². The Morgan fingerprint density at radius 1 is 0.952 bits per heavy atom. The summed E-state index contributed by atoms with van der Waals surface area (Å²) in [6, 6.07) is 10.2. The van der Waals surface area contributed by atoms with Crippen LogP contribution in [0, 0.1) is 0 Å². The average Bonchev–Trinajstić information content (AvgIpc) is 2.45. The van der Waals surface area contributed by atoms with Crippen molar-refractivity contribution < 1.29 is 13.3 Å². The minimum atomic E-state index is -2.87. The number of hydrogen-bond acceptors (Lipinski definition) is 3. The van der Waals surface area contributed by atoms with Gasteiger partial charge in [-0.2, -0.15) is 0 Å². The second kappa shape index (κ2) is 7.85. The number of rotatable bonds is 8. The van der Waals surface area contributed by atoms with Gasteiger partial charge in [-0.15, -0.1) is 0 Å². The van der Waals surface area contributed by atoms with Gasteiger partial charge in [0.05, 0.1) is 0 Å².